The van der Waals surface area contributed by atoms with Crippen molar-refractivity contribution in [2.45, 2.75) is 5.92 Å². The maximum absolute atomic E-state index is 10.6. The molecule has 1 heterocycles. The van der Waals surface area contributed by atoms with Crippen molar-refractivity contribution in [1.82, 2.24) is 0 Å². The number of rotatable bonds is 3. The van der Waals surface area contributed by atoms with Gasteiger partial charge in [0.05, 0.1) is 5.02 Å². The zero-order valence-corrected chi connectivity index (χ0v) is 7.73. The lowest BCUT2D eigenvalue weighted by Gasteiger charge is -2.06. The summed E-state index contributed by atoms with van der Waals surface area (Å²) < 4.78 is 0. The summed E-state index contributed by atoms with van der Waals surface area (Å²) in [6, 6.07) is 1.67. The highest BCUT2D eigenvalue weighted by Gasteiger charge is 2.21. The fourth-order valence-corrected chi connectivity index (χ4v) is 2.17. The molecule has 3 N–H and O–H groups in total. The number of halogens is 1. The van der Waals surface area contributed by atoms with E-state index in [1.54, 1.807) is 11.4 Å². The average molecular weight is 206 g/mol. The van der Waals surface area contributed by atoms with Crippen LogP contribution in [-0.4, -0.2) is 17.6 Å². The third-order valence-corrected chi connectivity index (χ3v) is 2.97. The molecular formula is C7H8ClNO2S. The molecule has 12 heavy (non-hydrogen) atoms. The summed E-state index contributed by atoms with van der Waals surface area (Å²) in [5.41, 5.74) is 5.30. The predicted molar refractivity (Wildman–Crippen MR) is 48.8 cm³/mol. The van der Waals surface area contributed by atoms with Gasteiger partial charge in [-0.2, -0.15) is 0 Å². The molecule has 0 amide bonds. The Morgan fingerprint density at radius 1 is 1.83 bits per heavy atom. The number of thiophene rings is 1. The monoisotopic (exact) mass is 205 g/mol. The second-order valence-electron chi connectivity index (χ2n) is 2.26. The van der Waals surface area contributed by atoms with Gasteiger partial charge in [-0.05, 0) is 11.4 Å². The van der Waals surface area contributed by atoms with Gasteiger partial charge in [0.15, 0.2) is 0 Å². The first-order valence-electron chi connectivity index (χ1n) is 3.32. The van der Waals surface area contributed by atoms with Crippen molar-refractivity contribution in [2.75, 3.05) is 6.54 Å². The molecule has 0 saturated heterocycles. The van der Waals surface area contributed by atoms with Gasteiger partial charge in [0.2, 0.25) is 0 Å². The standard InChI is InChI=1S/C7H8ClNO2S/c8-5-1-2-12-6(5)4(3-9)7(10)11/h1-2,4H,3,9H2,(H,10,11). The summed E-state index contributed by atoms with van der Waals surface area (Å²) in [6.45, 7) is 0.0789. The van der Waals surface area contributed by atoms with Crippen LogP contribution in [0.4, 0.5) is 0 Å². The van der Waals surface area contributed by atoms with E-state index in [0.29, 0.717) is 9.90 Å². The summed E-state index contributed by atoms with van der Waals surface area (Å²) in [5, 5.41) is 11.0. The van der Waals surface area contributed by atoms with E-state index in [-0.39, 0.29) is 6.54 Å². The first kappa shape index (κ1) is 9.51. The van der Waals surface area contributed by atoms with E-state index in [1.165, 1.54) is 11.3 Å². The zero-order valence-electron chi connectivity index (χ0n) is 6.16. The van der Waals surface area contributed by atoms with Crippen LogP contribution in [0.5, 0.6) is 0 Å². The third-order valence-electron chi connectivity index (χ3n) is 1.50. The number of carboxylic acid groups (broad SMARTS) is 1. The van der Waals surface area contributed by atoms with Crippen molar-refractivity contribution < 1.29 is 9.90 Å². The minimum Gasteiger partial charge on any atom is -0.481 e. The van der Waals surface area contributed by atoms with E-state index in [2.05, 4.69) is 0 Å². The molecule has 0 bridgehead atoms. The largest absolute Gasteiger partial charge is 0.481 e. The van der Waals surface area contributed by atoms with E-state index >= 15 is 0 Å². The molecule has 0 spiro atoms. The van der Waals surface area contributed by atoms with Gasteiger partial charge < -0.3 is 10.8 Å². The van der Waals surface area contributed by atoms with Crippen LogP contribution in [0, 0.1) is 0 Å². The van der Waals surface area contributed by atoms with Crippen molar-refractivity contribution in [3.8, 4) is 0 Å². The van der Waals surface area contributed by atoms with E-state index in [0.717, 1.165) is 0 Å². The molecule has 0 aromatic carbocycles. The molecule has 1 rings (SSSR count). The van der Waals surface area contributed by atoms with Gasteiger partial charge >= 0.3 is 5.97 Å². The van der Waals surface area contributed by atoms with Crippen LogP contribution in [0.15, 0.2) is 11.4 Å². The lowest BCUT2D eigenvalue weighted by molar-refractivity contribution is -0.138. The predicted octanol–water partition coefficient (Wildman–Crippen LogP) is 1.53. The zero-order chi connectivity index (χ0) is 9.14. The van der Waals surface area contributed by atoms with Crippen LogP contribution in [-0.2, 0) is 4.79 Å². The maximum atomic E-state index is 10.6. The Balaban J connectivity index is 2.94. The SMILES string of the molecule is NCC(C(=O)O)c1sccc1Cl. The van der Waals surface area contributed by atoms with Gasteiger partial charge in [-0.1, -0.05) is 11.6 Å². The molecule has 1 atom stereocenters. The fraction of sp³-hybridized carbons (Fsp3) is 0.286. The lowest BCUT2D eigenvalue weighted by atomic mass is 10.1. The topological polar surface area (TPSA) is 63.3 Å². The summed E-state index contributed by atoms with van der Waals surface area (Å²) in [5.74, 6) is -1.60. The molecule has 1 aromatic rings. The number of carboxylic acids is 1. The van der Waals surface area contributed by atoms with Crippen LogP contribution >= 0.6 is 22.9 Å². The highest BCUT2D eigenvalue weighted by Crippen LogP contribution is 2.29. The number of hydrogen-bond donors (Lipinski definition) is 2. The van der Waals surface area contributed by atoms with Crippen molar-refractivity contribution in [3.05, 3.63) is 21.3 Å². The maximum Gasteiger partial charge on any atom is 0.313 e. The van der Waals surface area contributed by atoms with Crippen molar-refractivity contribution in [3.63, 3.8) is 0 Å². The Kier molecular flexibility index (Phi) is 3.08. The minimum absolute atomic E-state index is 0.0789. The van der Waals surface area contributed by atoms with Crippen molar-refractivity contribution in [1.29, 1.82) is 0 Å². The van der Waals surface area contributed by atoms with Crippen molar-refractivity contribution in [2.24, 2.45) is 5.73 Å². The van der Waals surface area contributed by atoms with Gasteiger partial charge in [-0.15, -0.1) is 11.3 Å². The minimum atomic E-state index is -0.929. The Morgan fingerprint density at radius 3 is 2.83 bits per heavy atom. The highest BCUT2D eigenvalue weighted by molar-refractivity contribution is 7.10. The molecule has 1 aromatic heterocycles. The second-order valence-corrected chi connectivity index (χ2v) is 3.61. The smallest absolute Gasteiger partial charge is 0.313 e. The Labute approximate surface area is 78.8 Å². The lowest BCUT2D eigenvalue weighted by Crippen LogP contribution is -2.20. The molecule has 0 fully saturated rings. The van der Waals surface area contributed by atoms with Gasteiger partial charge in [0, 0.05) is 11.4 Å². The van der Waals surface area contributed by atoms with Crippen LogP contribution in [0.25, 0.3) is 0 Å². The number of aliphatic carboxylic acids is 1. The third kappa shape index (κ3) is 1.77. The quantitative estimate of drug-likeness (QED) is 0.787. The van der Waals surface area contributed by atoms with Gasteiger partial charge in [-0.25, -0.2) is 0 Å². The van der Waals surface area contributed by atoms with Gasteiger partial charge in [0.25, 0.3) is 0 Å². The molecule has 0 aliphatic carbocycles. The molecule has 3 nitrogen and oxygen atoms in total. The van der Waals surface area contributed by atoms with Gasteiger partial charge in [-0.3, -0.25) is 4.79 Å². The van der Waals surface area contributed by atoms with Crippen LogP contribution in [0.2, 0.25) is 5.02 Å². The first-order chi connectivity index (χ1) is 5.66. The molecule has 1 unspecified atom stereocenters. The highest BCUT2D eigenvalue weighted by atomic mass is 35.5. The van der Waals surface area contributed by atoms with E-state index in [1.807, 2.05) is 0 Å². The molecule has 5 heteroatoms. The Bertz CT molecular complexity index is 287. The molecule has 0 saturated carbocycles. The number of carbonyl (C=O) groups is 1. The van der Waals surface area contributed by atoms with E-state index in [9.17, 15) is 4.79 Å². The molecule has 66 valence electrons. The number of hydrogen-bond acceptors (Lipinski definition) is 3. The van der Waals surface area contributed by atoms with Gasteiger partial charge in [0.1, 0.15) is 5.92 Å². The van der Waals surface area contributed by atoms with Crippen LogP contribution in [0.1, 0.15) is 10.8 Å². The number of nitrogens with two attached hydrogens (primary N) is 1. The van der Waals surface area contributed by atoms with Crippen LogP contribution in [0.3, 0.4) is 0 Å². The van der Waals surface area contributed by atoms with Crippen molar-refractivity contribution >= 4 is 28.9 Å². The molecular weight excluding hydrogens is 198 g/mol. The molecule has 0 radical (unpaired) electrons. The summed E-state index contributed by atoms with van der Waals surface area (Å²) in [4.78, 5) is 11.3. The van der Waals surface area contributed by atoms with Crippen LogP contribution < -0.4 is 5.73 Å². The first-order valence-corrected chi connectivity index (χ1v) is 4.58. The molecule has 0 aliphatic heterocycles. The summed E-state index contributed by atoms with van der Waals surface area (Å²) in [6.07, 6.45) is 0. The molecule has 0 aliphatic rings. The fourth-order valence-electron chi connectivity index (χ4n) is 0.874. The Hall–Kier alpha value is -0.580. The van der Waals surface area contributed by atoms with E-state index in [4.69, 9.17) is 22.4 Å². The summed E-state index contributed by atoms with van der Waals surface area (Å²) in [7, 11) is 0. The Morgan fingerprint density at radius 2 is 2.50 bits per heavy atom. The van der Waals surface area contributed by atoms with E-state index < -0.39 is 11.9 Å². The summed E-state index contributed by atoms with van der Waals surface area (Å²) >= 11 is 7.07. The average Bonchev–Trinajstić information content (AvgIpc) is 2.38. The normalized spacial score (nSPS) is 12.8. The second kappa shape index (κ2) is 3.89.